The van der Waals surface area contributed by atoms with Gasteiger partial charge in [-0.25, -0.2) is 9.07 Å². The van der Waals surface area contributed by atoms with Crippen LogP contribution in [0.4, 0.5) is 23.2 Å². The number of halogens is 4. The number of rotatable bonds is 4. The standard InChI is InChI=1S/C30H29F4N3O/c1-29-15-18-16-36-37(22-8-6-20(31)7-9-22)28(18)13-19(29)5-10-24-25(17-35-21-3-2-4-23(38)14-21)27(30(32,33)34)12-11-26(24)29/h2-4,6-9,11,13-14,16,24-25,27,35,38H,5,10,12,15,17H2,1H3/t24-,25-,27-,29+/m1/s1. The molecular weight excluding hydrogens is 494 g/mol. The monoisotopic (exact) mass is 523 g/mol. The zero-order valence-electron chi connectivity index (χ0n) is 21.0. The Kier molecular flexibility index (Phi) is 5.89. The Hall–Kier alpha value is -3.55. The van der Waals surface area contributed by atoms with E-state index in [2.05, 4.69) is 23.4 Å². The van der Waals surface area contributed by atoms with Crippen LogP contribution in [-0.2, 0) is 6.42 Å². The van der Waals surface area contributed by atoms with Crippen LogP contribution >= 0.6 is 0 Å². The summed E-state index contributed by atoms with van der Waals surface area (Å²) in [6, 6.07) is 12.7. The van der Waals surface area contributed by atoms with Gasteiger partial charge < -0.3 is 10.4 Å². The fourth-order valence-electron chi connectivity index (χ4n) is 6.84. The van der Waals surface area contributed by atoms with Gasteiger partial charge >= 0.3 is 6.18 Å². The minimum atomic E-state index is -4.29. The number of hydrogen-bond donors (Lipinski definition) is 2. The third-order valence-electron chi connectivity index (χ3n) is 8.72. The number of anilines is 1. The van der Waals surface area contributed by atoms with Crippen molar-refractivity contribution in [1.29, 1.82) is 0 Å². The molecule has 4 nitrogen and oxygen atoms in total. The van der Waals surface area contributed by atoms with E-state index in [1.807, 2.05) is 17.0 Å². The lowest BCUT2D eigenvalue weighted by Gasteiger charge is -2.51. The molecule has 0 spiro atoms. The van der Waals surface area contributed by atoms with Crippen LogP contribution < -0.4 is 5.32 Å². The Morgan fingerprint density at radius 3 is 2.68 bits per heavy atom. The lowest BCUT2D eigenvalue weighted by molar-refractivity contribution is -0.193. The highest BCUT2D eigenvalue weighted by molar-refractivity contribution is 5.64. The van der Waals surface area contributed by atoms with E-state index in [1.54, 1.807) is 24.3 Å². The Labute approximate surface area is 218 Å². The number of aromatic hydroxyl groups is 1. The summed E-state index contributed by atoms with van der Waals surface area (Å²) in [6.45, 7) is 2.33. The number of benzene rings is 2. The molecular formula is C30H29F4N3O. The van der Waals surface area contributed by atoms with Gasteiger partial charge in [-0.15, -0.1) is 0 Å². The van der Waals surface area contributed by atoms with Crippen LogP contribution in [-0.4, -0.2) is 27.6 Å². The SMILES string of the molecule is C[C@]12Cc3cnn(-c4ccc(F)cc4)c3C=C1CC[C@H]1C2=CC[C@@H](C(F)(F)F)[C@@H]1CNc1cccc(O)c1. The van der Waals surface area contributed by atoms with E-state index >= 15 is 0 Å². The van der Waals surface area contributed by atoms with Gasteiger partial charge in [0.2, 0.25) is 0 Å². The first-order chi connectivity index (χ1) is 18.1. The average Bonchev–Trinajstić information content (AvgIpc) is 3.27. The number of nitrogens with zero attached hydrogens (tertiary/aromatic N) is 2. The molecule has 198 valence electrons. The minimum absolute atomic E-state index is 0.0354. The number of phenolic OH excluding ortho intramolecular Hbond substituents is 1. The summed E-state index contributed by atoms with van der Waals surface area (Å²) in [6.07, 6.45) is 3.52. The molecule has 8 heteroatoms. The second-order valence-electron chi connectivity index (χ2n) is 10.9. The van der Waals surface area contributed by atoms with Gasteiger partial charge in [0, 0.05) is 23.7 Å². The quantitative estimate of drug-likeness (QED) is 0.279. The second-order valence-corrected chi connectivity index (χ2v) is 10.9. The first kappa shape index (κ1) is 24.8. The largest absolute Gasteiger partial charge is 0.508 e. The molecule has 38 heavy (non-hydrogen) atoms. The molecule has 0 unspecified atom stereocenters. The minimum Gasteiger partial charge on any atom is -0.508 e. The van der Waals surface area contributed by atoms with Crippen molar-refractivity contribution in [2.45, 2.75) is 38.8 Å². The molecule has 3 aromatic rings. The Bertz CT molecular complexity index is 1420. The number of alkyl halides is 3. The third kappa shape index (κ3) is 4.20. The Morgan fingerprint density at radius 1 is 1.16 bits per heavy atom. The van der Waals surface area contributed by atoms with Crippen molar-refractivity contribution in [3.63, 3.8) is 0 Å². The number of fused-ring (bicyclic) bond motifs is 4. The average molecular weight is 524 g/mol. The normalized spacial score (nSPS) is 26.5. The van der Waals surface area contributed by atoms with E-state index < -0.39 is 18.0 Å². The van der Waals surface area contributed by atoms with Crippen LogP contribution in [0, 0.1) is 29.0 Å². The van der Waals surface area contributed by atoms with Gasteiger partial charge in [-0.05, 0) is 85.6 Å². The molecule has 3 aliphatic rings. The van der Waals surface area contributed by atoms with Gasteiger partial charge in [0.1, 0.15) is 11.6 Å². The van der Waals surface area contributed by atoms with E-state index in [0.717, 1.165) is 22.5 Å². The van der Waals surface area contributed by atoms with Gasteiger partial charge in [-0.2, -0.15) is 18.3 Å². The predicted molar refractivity (Wildman–Crippen MR) is 138 cm³/mol. The van der Waals surface area contributed by atoms with Crippen LogP contribution in [0.1, 0.15) is 37.4 Å². The molecule has 1 saturated carbocycles. The van der Waals surface area contributed by atoms with Gasteiger partial charge in [0.15, 0.2) is 0 Å². The molecule has 1 heterocycles. The Balaban J connectivity index is 1.32. The van der Waals surface area contributed by atoms with E-state index in [1.165, 1.54) is 29.8 Å². The highest BCUT2D eigenvalue weighted by atomic mass is 19.4. The number of allylic oxidation sites excluding steroid dienone is 3. The van der Waals surface area contributed by atoms with E-state index in [0.29, 0.717) is 24.9 Å². The van der Waals surface area contributed by atoms with Gasteiger partial charge in [-0.3, -0.25) is 0 Å². The Morgan fingerprint density at radius 2 is 1.95 bits per heavy atom. The molecule has 1 fully saturated rings. The summed E-state index contributed by atoms with van der Waals surface area (Å²) in [7, 11) is 0. The molecule has 2 N–H and O–H groups in total. The molecule has 2 aromatic carbocycles. The molecule has 6 rings (SSSR count). The topological polar surface area (TPSA) is 50.1 Å². The van der Waals surface area contributed by atoms with Crippen molar-refractivity contribution in [2.24, 2.45) is 23.2 Å². The van der Waals surface area contributed by atoms with E-state index in [-0.39, 0.29) is 35.9 Å². The molecule has 4 atom stereocenters. The molecule has 0 bridgehead atoms. The van der Waals surface area contributed by atoms with Crippen LogP contribution in [0.3, 0.4) is 0 Å². The van der Waals surface area contributed by atoms with Crippen molar-refractivity contribution in [3.8, 4) is 11.4 Å². The van der Waals surface area contributed by atoms with E-state index in [9.17, 15) is 22.7 Å². The lowest BCUT2D eigenvalue weighted by atomic mass is 9.54. The fraction of sp³-hybridized carbons (Fsp3) is 0.367. The van der Waals surface area contributed by atoms with Crippen molar-refractivity contribution in [1.82, 2.24) is 9.78 Å². The molecule has 0 saturated heterocycles. The second kappa shape index (κ2) is 9.03. The maximum Gasteiger partial charge on any atom is 0.392 e. The number of aromatic nitrogens is 2. The van der Waals surface area contributed by atoms with Crippen LogP contribution in [0.15, 0.2) is 72.0 Å². The van der Waals surface area contributed by atoms with Gasteiger partial charge in [0.25, 0.3) is 0 Å². The summed E-state index contributed by atoms with van der Waals surface area (Å²) < 4.78 is 57.9. The maximum atomic E-state index is 14.2. The number of phenols is 1. The summed E-state index contributed by atoms with van der Waals surface area (Å²) in [5.41, 5.74) is 5.31. The molecule has 1 aromatic heterocycles. The van der Waals surface area contributed by atoms with Crippen LogP contribution in [0.2, 0.25) is 0 Å². The summed E-state index contributed by atoms with van der Waals surface area (Å²) in [5, 5.41) is 17.5. The summed E-state index contributed by atoms with van der Waals surface area (Å²) >= 11 is 0. The first-order valence-electron chi connectivity index (χ1n) is 13.0. The zero-order valence-corrected chi connectivity index (χ0v) is 21.0. The maximum absolute atomic E-state index is 14.2. The summed E-state index contributed by atoms with van der Waals surface area (Å²) in [5.74, 6) is -2.47. The van der Waals surface area contributed by atoms with Crippen LogP contribution in [0.25, 0.3) is 11.8 Å². The zero-order chi connectivity index (χ0) is 26.7. The highest BCUT2D eigenvalue weighted by Crippen LogP contribution is 2.58. The third-order valence-corrected chi connectivity index (χ3v) is 8.72. The van der Waals surface area contributed by atoms with Crippen molar-refractivity contribution in [2.75, 3.05) is 11.9 Å². The highest BCUT2D eigenvalue weighted by Gasteiger charge is 2.54. The first-order valence-corrected chi connectivity index (χ1v) is 13.0. The lowest BCUT2D eigenvalue weighted by Crippen LogP contribution is -2.47. The molecule has 0 amide bonds. The fourth-order valence-corrected chi connectivity index (χ4v) is 6.84. The smallest absolute Gasteiger partial charge is 0.392 e. The molecule has 0 aliphatic heterocycles. The number of nitrogens with one attached hydrogen (secondary N) is 1. The predicted octanol–water partition coefficient (Wildman–Crippen LogP) is 7.31. The van der Waals surface area contributed by atoms with E-state index in [4.69, 9.17) is 0 Å². The number of hydrogen-bond acceptors (Lipinski definition) is 3. The van der Waals surface area contributed by atoms with Crippen LogP contribution in [0.5, 0.6) is 5.75 Å². The van der Waals surface area contributed by atoms with Crippen molar-refractivity contribution in [3.05, 3.63) is 89.0 Å². The van der Waals surface area contributed by atoms with Crippen molar-refractivity contribution >= 4 is 11.8 Å². The van der Waals surface area contributed by atoms with Gasteiger partial charge in [-0.1, -0.05) is 30.2 Å². The van der Waals surface area contributed by atoms with Crippen molar-refractivity contribution < 1.29 is 22.7 Å². The molecule has 0 radical (unpaired) electrons. The molecule has 3 aliphatic carbocycles. The summed E-state index contributed by atoms with van der Waals surface area (Å²) in [4.78, 5) is 0. The van der Waals surface area contributed by atoms with Gasteiger partial charge in [0.05, 0.1) is 23.5 Å².